The highest BCUT2D eigenvalue weighted by molar-refractivity contribution is 6.05. The molecule has 1 aromatic carbocycles. The largest absolute Gasteiger partial charge is 0.477 e. The maximum Gasteiger partial charge on any atom is 0.258 e. The molecule has 3 N–H and O–H groups in total. The molecular weight excluding hydrogens is 518 g/mol. The lowest BCUT2D eigenvalue weighted by Crippen LogP contribution is -2.20. The van der Waals surface area contributed by atoms with Gasteiger partial charge in [0, 0.05) is 36.6 Å². The molecule has 4 aromatic rings. The molecule has 0 unspecified atom stereocenters. The van der Waals surface area contributed by atoms with Crippen molar-refractivity contribution in [3.05, 3.63) is 47.8 Å². The second-order valence-corrected chi connectivity index (χ2v) is 12.0. The van der Waals surface area contributed by atoms with Gasteiger partial charge in [-0.1, -0.05) is 0 Å². The third kappa shape index (κ3) is 5.28. The van der Waals surface area contributed by atoms with E-state index in [1.165, 1.54) is 12.8 Å². The molecule has 2 bridgehead atoms. The van der Waals surface area contributed by atoms with Crippen LogP contribution in [0.3, 0.4) is 0 Å². The molecular formula is C31H37N7O3. The van der Waals surface area contributed by atoms with Crippen molar-refractivity contribution in [2.75, 3.05) is 17.2 Å². The van der Waals surface area contributed by atoms with E-state index in [-0.39, 0.29) is 18.1 Å². The maximum absolute atomic E-state index is 13.7. The average molecular weight is 556 g/mol. The minimum atomic E-state index is -0.232. The van der Waals surface area contributed by atoms with Crippen molar-refractivity contribution in [2.45, 2.75) is 70.6 Å². The third-order valence-electron chi connectivity index (χ3n) is 8.79. The van der Waals surface area contributed by atoms with E-state index in [0.29, 0.717) is 41.5 Å². The summed E-state index contributed by atoms with van der Waals surface area (Å²) >= 11 is 0. The molecule has 7 rings (SSSR count). The molecule has 41 heavy (non-hydrogen) atoms. The summed E-state index contributed by atoms with van der Waals surface area (Å²) in [6.45, 7) is 3.27. The normalized spacial score (nSPS) is 23.2. The fraction of sp³-hybridized carbons (Fsp3) is 0.484. The number of ether oxygens (including phenoxy) is 1. The molecule has 0 saturated heterocycles. The van der Waals surface area contributed by atoms with Gasteiger partial charge in [-0.25, -0.2) is 9.67 Å². The zero-order valence-electron chi connectivity index (χ0n) is 23.6. The van der Waals surface area contributed by atoms with Crippen molar-refractivity contribution >= 4 is 28.6 Å². The van der Waals surface area contributed by atoms with Gasteiger partial charge in [0.25, 0.3) is 5.91 Å². The minimum Gasteiger partial charge on any atom is -0.477 e. The molecule has 3 atom stereocenters. The molecule has 0 spiro atoms. The number of aliphatic hydroxyl groups excluding tert-OH is 1. The van der Waals surface area contributed by atoms with Gasteiger partial charge >= 0.3 is 0 Å². The Morgan fingerprint density at radius 1 is 1.07 bits per heavy atom. The van der Waals surface area contributed by atoms with Crippen molar-refractivity contribution in [3.63, 3.8) is 0 Å². The summed E-state index contributed by atoms with van der Waals surface area (Å²) < 4.78 is 10.2. The molecule has 1 aliphatic heterocycles. The van der Waals surface area contributed by atoms with Crippen LogP contribution in [0.15, 0.2) is 36.5 Å². The van der Waals surface area contributed by atoms with Gasteiger partial charge in [-0.05, 0) is 94.0 Å². The van der Waals surface area contributed by atoms with Crippen LogP contribution in [-0.4, -0.2) is 54.1 Å². The van der Waals surface area contributed by atoms with E-state index in [1.54, 1.807) is 23.0 Å². The predicted molar refractivity (Wildman–Crippen MR) is 157 cm³/mol. The molecule has 2 fully saturated rings. The van der Waals surface area contributed by atoms with Gasteiger partial charge in [-0.2, -0.15) is 5.10 Å². The summed E-state index contributed by atoms with van der Waals surface area (Å²) in [5.74, 6) is 2.15. The Bertz CT molecular complexity index is 1600. The Labute approximate surface area is 239 Å². The summed E-state index contributed by atoms with van der Waals surface area (Å²) in [6, 6.07) is 10.1. The first-order valence-corrected chi connectivity index (χ1v) is 14.8. The smallest absolute Gasteiger partial charge is 0.258 e. The standard InChI is InChI=1S/C31H37N7O3/c1-18-12-21-13-26(33-18)25-16-32-37(2)30(25)41-11-3-4-20(19-5-6-19)17-38-28-10-8-23(34-22-7-9-24(39)14-22)15-27(28)35-31(38)36-29(21)40/h8,10,12-13,15-16,19-20,22,24,34,39H,3-7,9,11,14,17H2,1-2H3,(H,35,36,40)/t20-,22-,24+/m1/s1. The predicted octanol–water partition coefficient (Wildman–Crippen LogP) is 4.92. The van der Waals surface area contributed by atoms with Crippen LogP contribution in [0.25, 0.3) is 22.3 Å². The Balaban J connectivity index is 1.27. The van der Waals surface area contributed by atoms with Crippen LogP contribution in [-0.2, 0) is 13.6 Å². The number of imidazole rings is 1. The number of aliphatic hydroxyl groups is 1. The van der Waals surface area contributed by atoms with Crippen LogP contribution in [0.1, 0.15) is 61.0 Å². The number of benzene rings is 1. The number of aromatic nitrogens is 5. The quantitative estimate of drug-likeness (QED) is 0.328. The number of nitrogens with one attached hydrogen (secondary N) is 2. The summed E-state index contributed by atoms with van der Waals surface area (Å²) in [6.07, 6.45) is 8.49. The lowest BCUT2D eigenvalue weighted by Gasteiger charge is -2.20. The monoisotopic (exact) mass is 555 g/mol. The number of carbonyl (C=O) groups excluding carboxylic acids is 1. The van der Waals surface area contributed by atoms with Gasteiger partial charge in [0.15, 0.2) is 0 Å². The van der Waals surface area contributed by atoms with E-state index >= 15 is 0 Å². The van der Waals surface area contributed by atoms with Crippen LogP contribution in [0.4, 0.5) is 11.6 Å². The third-order valence-corrected chi connectivity index (χ3v) is 8.79. The van der Waals surface area contributed by atoms with Crippen molar-refractivity contribution in [1.29, 1.82) is 0 Å². The van der Waals surface area contributed by atoms with Crippen molar-refractivity contribution in [3.8, 4) is 17.1 Å². The van der Waals surface area contributed by atoms with Crippen LogP contribution < -0.4 is 15.4 Å². The number of rotatable bonds is 3. The Kier molecular flexibility index (Phi) is 6.65. The number of pyridine rings is 1. The van der Waals surface area contributed by atoms with Crippen molar-refractivity contribution in [1.82, 2.24) is 24.3 Å². The van der Waals surface area contributed by atoms with Crippen LogP contribution >= 0.6 is 0 Å². The highest BCUT2D eigenvalue weighted by atomic mass is 16.5. The van der Waals surface area contributed by atoms with Gasteiger partial charge in [0.1, 0.15) is 0 Å². The summed E-state index contributed by atoms with van der Waals surface area (Å²) in [7, 11) is 1.87. The fourth-order valence-electron chi connectivity index (χ4n) is 6.50. The SMILES string of the molecule is Cc1cc2cc(n1)-c1cnn(C)c1OCCC[C@@H](C1CC1)Cn1c(nc3cc(N[C@@H]4CC[C@H](O)C4)ccc31)NC2=O. The van der Waals surface area contributed by atoms with E-state index in [2.05, 4.69) is 38.5 Å². The maximum atomic E-state index is 13.7. The molecule has 2 saturated carbocycles. The van der Waals surface area contributed by atoms with Gasteiger partial charge < -0.3 is 19.7 Å². The van der Waals surface area contributed by atoms with Gasteiger partial charge in [-0.3, -0.25) is 15.1 Å². The lowest BCUT2D eigenvalue weighted by atomic mass is 9.97. The number of hydrogen-bond donors (Lipinski definition) is 3. The minimum absolute atomic E-state index is 0.226. The number of nitrogens with zero attached hydrogens (tertiary/aromatic N) is 5. The van der Waals surface area contributed by atoms with Gasteiger partial charge in [-0.15, -0.1) is 0 Å². The molecule has 214 valence electrons. The Morgan fingerprint density at radius 2 is 1.95 bits per heavy atom. The number of carbonyl (C=O) groups is 1. The number of amides is 1. The zero-order chi connectivity index (χ0) is 28.1. The Morgan fingerprint density at radius 3 is 2.76 bits per heavy atom. The zero-order valence-corrected chi connectivity index (χ0v) is 23.6. The first kappa shape index (κ1) is 26.0. The first-order chi connectivity index (χ1) is 19.9. The lowest BCUT2D eigenvalue weighted by molar-refractivity contribution is 0.102. The highest BCUT2D eigenvalue weighted by Crippen LogP contribution is 2.41. The fourth-order valence-corrected chi connectivity index (χ4v) is 6.50. The summed E-state index contributed by atoms with van der Waals surface area (Å²) in [5, 5.41) is 21.1. The van der Waals surface area contributed by atoms with Crippen molar-refractivity contribution in [2.24, 2.45) is 18.9 Å². The molecule has 3 aromatic heterocycles. The molecule has 3 aliphatic rings. The van der Waals surface area contributed by atoms with E-state index in [0.717, 1.165) is 66.6 Å². The number of fused-ring (bicyclic) bond motifs is 7. The summed E-state index contributed by atoms with van der Waals surface area (Å²) in [5.41, 5.74) is 5.52. The highest BCUT2D eigenvalue weighted by Gasteiger charge is 2.32. The second-order valence-electron chi connectivity index (χ2n) is 12.0. The molecule has 10 nitrogen and oxygen atoms in total. The van der Waals surface area contributed by atoms with E-state index < -0.39 is 0 Å². The topological polar surface area (TPSA) is 119 Å². The van der Waals surface area contributed by atoms with Crippen LogP contribution in [0.5, 0.6) is 5.88 Å². The molecule has 10 heteroatoms. The molecule has 0 radical (unpaired) electrons. The number of hydrogen-bond acceptors (Lipinski definition) is 7. The molecule has 2 aliphatic carbocycles. The first-order valence-electron chi connectivity index (χ1n) is 14.8. The number of anilines is 2. The van der Waals surface area contributed by atoms with Gasteiger partial charge in [0.2, 0.25) is 11.8 Å². The average Bonchev–Trinajstić information content (AvgIpc) is 3.49. The van der Waals surface area contributed by atoms with E-state index in [1.807, 2.05) is 14.0 Å². The van der Waals surface area contributed by atoms with E-state index in [4.69, 9.17) is 14.7 Å². The Hall–Kier alpha value is -3.92. The number of aryl methyl sites for hydroxylation is 2. The van der Waals surface area contributed by atoms with Crippen LogP contribution in [0, 0.1) is 18.8 Å². The van der Waals surface area contributed by atoms with Gasteiger partial charge in [0.05, 0.1) is 41.2 Å². The van der Waals surface area contributed by atoms with E-state index in [9.17, 15) is 9.90 Å². The molecule has 1 amide bonds. The summed E-state index contributed by atoms with van der Waals surface area (Å²) in [4.78, 5) is 23.3. The molecule has 4 heterocycles. The van der Waals surface area contributed by atoms with Crippen molar-refractivity contribution < 1.29 is 14.6 Å². The second kappa shape index (κ2) is 10.5. The van der Waals surface area contributed by atoms with Crippen LogP contribution in [0.2, 0.25) is 0 Å².